The first kappa shape index (κ1) is 15.7. The van der Waals surface area contributed by atoms with Crippen LogP contribution in [0.2, 0.25) is 0 Å². The molecule has 1 amide bonds. The van der Waals surface area contributed by atoms with Gasteiger partial charge in [0.1, 0.15) is 0 Å². The predicted molar refractivity (Wildman–Crippen MR) is 98.4 cm³/mol. The number of aryl methyl sites for hydroxylation is 1. The zero-order valence-electron chi connectivity index (χ0n) is 13.4. The summed E-state index contributed by atoms with van der Waals surface area (Å²) in [6.45, 7) is 2.02. The van der Waals surface area contributed by atoms with E-state index in [0.29, 0.717) is 5.57 Å². The maximum atomic E-state index is 12.8. The van der Waals surface area contributed by atoms with Crippen molar-refractivity contribution in [1.29, 1.82) is 0 Å². The maximum absolute atomic E-state index is 12.8. The number of nitrogens with zero attached hydrogens (tertiary/aromatic N) is 1. The monoisotopic (exact) mass is 314 g/mol. The van der Waals surface area contributed by atoms with Crippen molar-refractivity contribution in [1.82, 2.24) is 4.98 Å². The number of carbonyl (C=O) groups is 1. The van der Waals surface area contributed by atoms with Crippen LogP contribution < -0.4 is 5.32 Å². The Morgan fingerprint density at radius 2 is 1.71 bits per heavy atom. The number of anilines is 1. The number of benzene rings is 2. The van der Waals surface area contributed by atoms with Crippen molar-refractivity contribution in [3.63, 3.8) is 0 Å². The summed E-state index contributed by atoms with van der Waals surface area (Å²) in [5, 5.41) is 2.96. The topological polar surface area (TPSA) is 42.0 Å². The molecule has 3 rings (SSSR count). The third-order valence-electron chi connectivity index (χ3n) is 3.63. The first-order valence-corrected chi connectivity index (χ1v) is 7.77. The Morgan fingerprint density at radius 3 is 2.38 bits per heavy atom. The molecule has 0 saturated carbocycles. The average Bonchev–Trinajstić information content (AvgIpc) is 2.63. The molecule has 0 aliphatic heterocycles. The van der Waals surface area contributed by atoms with Gasteiger partial charge in [-0.05, 0) is 42.3 Å². The van der Waals surface area contributed by atoms with Crippen LogP contribution in [0.1, 0.15) is 16.7 Å². The van der Waals surface area contributed by atoms with Crippen molar-refractivity contribution in [3.8, 4) is 0 Å². The summed E-state index contributed by atoms with van der Waals surface area (Å²) in [5.41, 5.74) is 4.28. The lowest BCUT2D eigenvalue weighted by Crippen LogP contribution is -2.13. The summed E-state index contributed by atoms with van der Waals surface area (Å²) >= 11 is 0. The minimum atomic E-state index is -0.145. The molecule has 0 atom stereocenters. The van der Waals surface area contributed by atoms with Crippen LogP contribution in [-0.4, -0.2) is 10.9 Å². The quantitative estimate of drug-likeness (QED) is 0.717. The molecule has 0 bridgehead atoms. The minimum Gasteiger partial charge on any atom is -0.322 e. The molecule has 0 aliphatic carbocycles. The summed E-state index contributed by atoms with van der Waals surface area (Å²) in [6, 6.07) is 21.2. The van der Waals surface area contributed by atoms with Crippen molar-refractivity contribution in [2.45, 2.75) is 6.92 Å². The van der Waals surface area contributed by atoms with Gasteiger partial charge in [0.05, 0.1) is 0 Å². The van der Waals surface area contributed by atoms with Gasteiger partial charge in [-0.25, -0.2) is 0 Å². The van der Waals surface area contributed by atoms with E-state index in [1.54, 1.807) is 12.4 Å². The zero-order chi connectivity index (χ0) is 16.8. The molecule has 0 aliphatic rings. The molecule has 0 unspecified atom stereocenters. The van der Waals surface area contributed by atoms with E-state index in [4.69, 9.17) is 0 Å². The van der Waals surface area contributed by atoms with Crippen LogP contribution >= 0.6 is 0 Å². The molecule has 1 aromatic heterocycles. The molecule has 0 radical (unpaired) electrons. The Bertz CT molecular complexity index is 838. The summed E-state index contributed by atoms with van der Waals surface area (Å²) in [6.07, 6.45) is 5.31. The maximum Gasteiger partial charge on any atom is 0.256 e. The summed E-state index contributed by atoms with van der Waals surface area (Å²) in [5.74, 6) is -0.145. The highest BCUT2D eigenvalue weighted by molar-refractivity contribution is 6.29. The molecule has 118 valence electrons. The lowest BCUT2D eigenvalue weighted by Gasteiger charge is -2.10. The number of carbonyl (C=O) groups excluding carboxylic acids is 1. The van der Waals surface area contributed by atoms with Crippen molar-refractivity contribution >= 4 is 23.2 Å². The fourth-order valence-electron chi connectivity index (χ4n) is 2.36. The van der Waals surface area contributed by atoms with Crippen LogP contribution in [0.4, 0.5) is 5.69 Å². The van der Waals surface area contributed by atoms with Gasteiger partial charge in [0.15, 0.2) is 0 Å². The van der Waals surface area contributed by atoms with Crippen LogP contribution in [0, 0.1) is 6.92 Å². The number of pyridine rings is 1. The summed E-state index contributed by atoms with van der Waals surface area (Å²) in [4.78, 5) is 16.9. The van der Waals surface area contributed by atoms with Gasteiger partial charge in [0, 0.05) is 23.7 Å². The van der Waals surface area contributed by atoms with Gasteiger partial charge in [-0.15, -0.1) is 0 Å². The van der Waals surface area contributed by atoms with Gasteiger partial charge >= 0.3 is 0 Å². The number of nitrogens with one attached hydrogen (secondary N) is 1. The van der Waals surface area contributed by atoms with Gasteiger partial charge in [-0.1, -0.05) is 54.1 Å². The largest absolute Gasteiger partial charge is 0.322 e. The second-order valence-corrected chi connectivity index (χ2v) is 5.53. The summed E-state index contributed by atoms with van der Waals surface area (Å²) in [7, 11) is 0. The summed E-state index contributed by atoms with van der Waals surface area (Å²) < 4.78 is 0. The first-order valence-electron chi connectivity index (χ1n) is 7.77. The molecule has 0 fully saturated rings. The Balaban J connectivity index is 1.94. The Hall–Kier alpha value is -3.20. The second kappa shape index (κ2) is 7.38. The first-order chi connectivity index (χ1) is 11.7. The highest BCUT2D eigenvalue weighted by Crippen LogP contribution is 2.20. The van der Waals surface area contributed by atoms with Gasteiger partial charge in [-0.3, -0.25) is 9.78 Å². The Morgan fingerprint density at radius 1 is 0.958 bits per heavy atom. The standard InChI is InChI=1S/C21H18N2O/c1-16-9-11-19(12-10-16)23-21(24)20(18-7-3-2-4-8-18)14-17-6-5-13-22-15-17/h2-15H,1H3,(H,23,24)/b20-14+. The third kappa shape index (κ3) is 3.96. The second-order valence-electron chi connectivity index (χ2n) is 5.53. The van der Waals surface area contributed by atoms with Gasteiger partial charge in [0.2, 0.25) is 0 Å². The molecule has 24 heavy (non-hydrogen) atoms. The minimum absolute atomic E-state index is 0.145. The number of hydrogen-bond donors (Lipinski definition) is 1. The smallest absolute Gasteiger partial charge is 0.256 e. The van der Waals surface area contributed by atoms with Crippen molar-refractivity contribution in [2.24, 2.45) is 0 Å². The number of aromatic nitrogens is 1. The normalized spacial score (nSPS) is 11.1. The fraction of sp³-hybridized carbons (Fsp3) is 0.0476. The van der Waals surface area contributed by atoms with Crippen LogP contribution in [0.15, 0.2) is 79.1 Å². The molecule has 3 aromatic rings. The molecule has 1 N–H and O–H groups in total. The zero-order valence-corrected chi connectivity index (χ0v) is 13.4. The molecule has 0 saturated heterocycles. The van der Waals surface area contributed by atoms with E-state index >= 15 is 0 Å². The molecule has 0 spiro atoms. The highest BCUT2D eigenvalue weighted by Gasteiger charge is 2.12. The Labute approximate surface area is 141 Å². The lowest BCUT2D eigenvalue weighted by atomic mass is 10.0. The number of rotatable bonds is 4. The molecular formula is C21H18N2O. The molecule has 2 aromatic carbocycles. The predicted octanol–water partition coefficient (Wildman–Crippen LogP) is 4.57. The van der Waals surface area contributed by atoms with Crippen LogP contribution in [-0.2, 0) is 4.79 Å². The molecule has 3 nitrogen and oxygen atoms in total. The third-order valence-corrected chi connectivity index (χ3v) is 3.63. The lowest BCUT2D eigenvalue weighted by molar-refractivity contribution is -0.111. The number of hydrogen-bond acceptors (Lipinski definition) is 2. The van der Waals surface area contributed by atoms with Crippen molar-refractivity contribution in [2.75, 3.05) is 5.32 Å². The van der Waals surface area contributed by atoms with Gasteiger partial charge in [-0.2, -0.15) is 0 Å². The SMILES string of the molecule is Cc1ccc(NC(=O)/C(=C/c2cccnc2)c2ccccc2)cc1. The van der Waals surface area contributed by atoms with Gasteiger partial charge in [0.25, 0.3) is 5.91 Å². The van der Waals surface area contributed by atoms with E-state index in [1.807, 2.05) is 79.7 Å². The van der Waals surface area contributed by atoms with E-state index in [2.05, 4.69) is 10.3 Å². The van der Waals surface area contributed by atoms with E-state index in [-0.39, 0.29) is 5.91 Å². The molecule has 3 heteroatoms. The van der Waals surface area contributed by atoms with Gasteiger partial charge < -0.3 is 5.32 Å². The highest BCUT2D eigenvalue weighted by atomic mass is 16.1. The average molecular weight is 314 g/mol. The van der Waals surface area contributed by atoms with E-state index in [9.17, 15) is 4.79 Å². The molecule has 1 heterocycles. The number of amides is 1. The van der Waals surface area contributed by atoms with Crippen LogP contribution in [0.5, 0.6) is 0 Å². The van der Waals surface area contributed by atoms with Crippen molar-refractivity contribution in [3.05, 3.63) is 95.8 Å². The molecular weight excluding hydrogens is 296 g/mol. The van der Waals surface area contributed by atoms with E-state index in [1.165, 1.54) is 0 Å². The van der Waals surface area contributed by atoms with Crippen molar-refractivity contribution < 1.29 is 4.79 Å². The fourth-order valence-corrected chi connectivity index (χ4v) is 2.36. The van der Waals surface area contributed by atoms with Crippen LogP contribution in [0.3, 0.4) is 0 Å². The van der Waals surface area contributed by atoms with Crippen LogP contribution in [0.25, 0.3) is 11.6 Å². The van der Waals surface area contributed by atoms with E-state index < -0.39 is 0 Å². The Kier molecular flexibility index (Phi) is 4.82. The van der Waals surface area contributed by atoms with E-state index in [0.717, 1.165) is 22.4 Å².